The largest absolute Gasteiger partial charge is 0.507 e. The maximum atomic E-state index is 14.1. The summed E-state index contributed by atoms with van der Waals surface area (Å²) >= 11 is 1.64. The molecule has 0 amide bonds. The van der Waals surface area contributed by atoms with E-state index in [2.05, 4.69) is 6.07 Å². The van der Waals surface area contributed by atoms with Gasteiger partial charge in [-0.05, 0) is 29.1 Å². The minimum absolute atomic E-state index is 0.198. The number of alkyl halides is 1. The van der Waals surface area contributed by atoms with Gasteiger partial charge in [-0.15, -0.1) is 11.3 Å². The number of fused-ring (bicyclic) bond motifs is 1. The number of hydrogen-bond donors (Lipinski definition) is 4. The number of phenolic OH excluding ortho intramolecular Hbond substituents is 1. The second kappa shape index (κ2) is 8.49. The molecule has 2 heterocycles. The van der Waals surface area contributed by atoms with E-state index in [0.717, 1.165) is 20.5 Å². The molecule has 0 saturated carbocycles. The van der Waals surface area contributed by atoms with Crippen LogP contribution in [0.5, 0.6) is 11.5 Å². The number of aromatic hydroxyl groups is 1. The monoisotopic (exact) mass is 434 g/mol. The van der Waals surface area contributed by atoms with Gasteiger partial charge in [0.15, 0.2) is 6.17 Å². The molecule has 1 aliphatic heterocycles. The second-order valence-electron chi connectivity index (χ2n) is 7.35. The van der Waals surface area contributed by atoms with Gasteiger partial charge in [-0.25, -0.2) is 4.39 Å². The first-order chi connectivity index (χ1) is 14.4. The molecule has 1 aliphatic rings. The highest BCUT2D eigenvalue weighted by atomic mass is 32.1. The predicted octanol–water partition coefficient (Wildman–Crippen LogP) is 2.70. The van der Waals surface area contributed by atoms with Crippen LogP contribution in [-0.4, -0.2) is 58.6 Å². The molecule has 0 unspecified atom stereocenters. The Morgan fingerprint density at radius 3 is 2.60 bits per heavy atom. The highest BCUT2D eigenvalue weighted by Gasteiger charge is 2.46. The first-order valence-corrected chi connectivity index (χ1v) is 10.4. The number of phenols is 1. The number of benzene rings is 2. The van der Waals surface area contributed by atoms with Crippen LogP contribution >= 0.6 is 11.3 Å². The fourth-order valence-electron chi connectivity index (χ4n) is 3.83. The minimum Gasteiger partial charge on any atom is -0.507 e. The highest BCUT2D eigenvalue weighted by Crippen LogP contribution is 2.41. The average molecular weight is 434 g/mol. The van der Waals surface area contributed by atoms with E-state index in [0.29, 0.717) is 12.2 Å². The van der Waals surface area contributed by atoms with Crippen molar-refractivity contribution in [2.75, 3.05) is 13.7 Å². The Labute approximate surface area is 176 Å². The summed E-state index contributed by atoms with van der Waals surface area (Å²) in [5, 5.41) is 41.4. The molecule has 1 aromatic heterocycles. The lowest BCUT2D eigenvalue weighted by atomic mass is 9.90. The SMILES string of the molecule is COc1cc(O)c([C@@H]2O[C@H](CO)[C@@H](F)[C@H](O)[C@H]2O)cc1Cc1cc2ccccc2s1. The fraction of sp³-hybridized carbons (Fsp3) is 0.364. The molecule has 160 valence electrons. The van der Waals surface area contributed by atoms with Crippen molar-refractivity contribution >= 4 is 21.4 Å². The van der Waals surface area contributed by atoms with Gasteiger partial charge < -0.3 is 29.9 Å². The van der Waals surface area contributed by atoms with Gasteiger partial charge in [0.25, 0.3) is 0 Å². The van der Waals surface area contributed by atoms with E-state index in [1.165, 1.54) is 13.2 Å². The molecule has 3 aromatic rings. The van der Waals surface area contributed by atoms with Gasteiger partial charge in [-0.3, -0.25) is 0 Å². The van der Waals surface area contributed by atoms with E-state index in [9.17, 15) is 24.8 Å². The van der Waals surface area contributed by atoms with Crippen molar-refractivity contribution < 1.29 is 34.3 Å². The number of halogens is 1. The number of aliphatic hydroxyl groups is 3. The number of methoxy groups -OCH3 is 1. The molecule has 4 rings (SSSR count). The van der Waals surface area contributed by atoms with E-state index >= 15 is 0 Å². The van der Waals surface area contributed by atoms with Crippen molar-refractivity contribution in [2.24, 2.45) is 0 Å². The first-order valence-electron chi connectivity index (χ1n) is 9.56. The summed E-state index contributed by atoms with van der Waals surface area (Å²) in [6.07, 6.45) is -7.26. The lowest BCUT2D eigenvalue weighted by Gasteiger charge is -2.39. The van der Waals surface area contributed by atoms with E-state index in [1.54, 1.807) is 17.4 Å². The summed E-state index contributed by atoms with van der Waals surface area (Å²) in [5.74, 6) is 0.249. The fourth-order valence-corrected chi connectivity index (χ4v) is 4.92. The second-order valence-corrected chi connectivity index (χ2v) is 8.52. The Bertz CT molecular complexity index is 1000. The normalized spacial score (nSPS) is 26.8. The molecule has 1 saturated heterocycles. The summed E-state index contributed by atoms with van der Waals surface area (Å²) in [5.41, 5.74) is 0.939. The zero-order valence-electron chi connectivity index (χ0n) is 16.2. The van der Waals surface area contributed by atoms with Gasteiger partial charge >= 0.3 is 0 Å². The topological polar surface area (TPSA) is 99.4 Å². The summed E-state index contributed by atoms with van der Waals surface area (Å²) in [7, 11) is 1.49. The quantitative estimate of drug-likeness (QED) is 0.493. The van der Waals surface area contributed by atoms with Crippen molar-refractivity contribution in [3.8, 4) is 11.5 Å². The first kappa shape index (κ1) is 21.0. The molecule has 0 aliphatic carbocycles. The molecule has 0 radical (unpaired) electrons. The Kier molecular flexibility index (Phi) is 5.95. The van der Waals surface area contributed by atoms with Crippen LogP contribution in [0.1, 0.15) is 22.1 Å². The van der Waals surface area contributed by atoms with E-state index in [1.807, 2.05) is 24.3 Å². The van der Waals surface area contributed by atoms with E-state index < -0.39 is 37.2 Å². The van der Waals surface area contributed by atoms with Gasteiger partial charge in [0.1, 0.15) is 35.9 Å². The molecule has 5 atom stereocenters. The lowest BCUT2D eigenvalue weighted by Crippen LogP contribution is -2.53. The Morgan fingerprint density at radius 1 is 1.13 bits per heavy atom. The third-order valence-corrected chi connectivity index (χ3v) is 6.54. The number of ether oxygens (including phenoxy) is 2. The standard InChI is InChI=1S/C22H23FO6S/c1-28-16-9-15(25)14(22-21(27)20(26)19(23)17(10-24)29-22)8-12(16)7-13-6-11-4-2-3-5-18(11)30-13/h2-6,8-9,17,19-22,24-27H,7,10H2,1H3/t17-,19-,20+,21-,22+/m1/s1. The molecule has 1 fully saturated rings. The smallest absolute Gasteiger partial charge is 0.157 e. The molecular weight excluding hydrogens is 411 g/mol. The average Bonchev–Trinajstić information content (AvgIpc) is 3.16. The third kappa shape index (κ3) is 3.77. The summed E-state index contributed by atoms with van der Waals surface area (Å²) in [4.78, 5) is 1.08. The Hall–Kier alpha value is -2.23. The van der Waals surface area contributed by atoms with Crippen molar-refractivity contribution in [2.45, 2.75) is 37.0 Å². The van der Waals surface area contributed by atoms with Crippen molar-refractivity contribution in [1.82, 2.24) is 0 Å². The van der Waals surface area contributed by atoms with E-state index in [-0.39, 0.29) is 11.3 Å². The van der Waals surface area contributed by atoms with Crippen molar-refractivity contribution in [3.63, 3.8) is 0 Å². The Morgan fingerprint density at radius 2 is 1.90 bits per heavy atom. The van der Waals surface area contributed by atoms with E-state index in [4.69, 9.17) is 9.47 Å². The number of rotatable bonds is 5. The molecule has 2 aromatic carbocycles. The zero-order chi connectivity index (χ0) is 21.4. The molecule has 6 nitrogen and oxygen atoms in total. The minimum atomic E-state index is -1.93. The van der Waals surface area contributed by atoms with Crippen molar-refractivity contribution in [1.29, 1.82) is 0 Å². The van der Waals surface area contributed by atoms with Gasteiger partial charge in [0.05, 0.1) is 13.7 Å². The molecule has 30 heavy (non-hydrogen) atoms. The predicted molar refractivity (Wildman–Crippen MR) is 111 cm³/mol. The summed E-state index contributed by atoms with van der Waals surface area (Å²) in [6, 6.07) is 13.1. The van der Waals surface area contributed by atoms with Crippen LogP contribution in [0.3, 0.4) is 0 Å². The molecule has 0 spiro atoms. The van der Waals surface area contributed by atoms with Crippen LogP contribution in [0, 0.1) is 0 Å². The molecule has 8 heteroatoms. The van der Waals surface area contributed by atoms with Gasteiger partial charge in [0.2, 0.25) is 0 Å². The summed E-state index contributed by atoms with van der Waals surface area (Å²) < 4.78 is 26.1. The Balaban J connectivity index is 1.71. The van der Waals surface area contributed by atoms with Gasteiger partial charge in [-0.1, -0.05) is 18.2 Å². The van der Waals surface area contributed by atoms with Crippen LogP contribution in [0.15, 0.2) is 42.5 Å². The zero-order valence-corrected chi connectivity index (χ0v) is 17.1. The van der Waals surface area contributed by atoms with Gasteiger partial charge in [-0.2, -0.15) is 0 Å². The molecule has 4 N–H and O–H groups in total. The number of thiophene rings is 1. The third-order valence-electron chi connectivity index (χ3n) is 5.42. The van der Waals surface area contributed by atoms with Crippen LogP contribution in [-0.2, 0) is 11.2 Å². The van der Waals surface area contributed by atoms with Gasteiger partial charge in [0, 0.05) is 27.6 Å². The maximum Gasteiger partial charge on any atom is 0.157 e. The van der Waals surface area contributed by atoms with Crippen LogP contribution < -0.4 is 4.74 Å². The number of aliphatic hydroxyl groups excluding tert-OH is 3. The van der Waals surface area contributed by atoms with Crippen LogP contribution in [0.2, 0.25) is 0 Å². The maximum absolute atomic E-state index is 14.1. The van der Waals surface area contributed by atoms with Crippen molar-refractivity contribution in [3.05, 3.63) is 58.5 Å². The highest BCUT2D eigenvalue weighted by molar-refractivity contribution is 7.19. The lowest BCUT2D eigenvalue weighted by molar-refractivity contribution is -0.214. The van der Waals surface area contributed by atoms with Crippen LogP contribution in [0.25, 0.3) is 10.1 Å². The molecular formula is C22H23FO6S. The summed E-state index contributed by atoms with van der Waals surface area (Å²) in [6.45, 7) is -0.660. The number of hydrogen-bond acceptors (Lipinski definition) is 7. The molecule has 0 bridgehead atoms. The van der Waals surface area contributed by atoms with Crippen LogP contribution in [0.4, 0.5) is 4.39 Å².